The highest BCUT2D eigenvalue weighted by molar-refractivity contribution is 9.09. The Bertz CT molecular complexity index is 558. The number of alkyl halides is 1. The van der Waals surface area contributed by atoms with E-state index in [9.17, 15) is 9.90 Å². The number of hydrogen-bond donors (Lipinski definition) is 1. The third kappa shape index (κ3) is 2.70. The van der Waals surface area contributed by atoms with Gasteiger partial charge in [0.25, 0.3) is 0 Å². The van der Waals surface area contributed by atoms with Gasteiger partial charge in [-0.3, -0.25) is 4.79 Å². The van der Waals surface area contributed by atoms with Crippen molar-refractivity contribution in [3.63, 3.8) is 0 Å². The van der Waals surface area contributed by atoms with Crippen molar-refractivity contribution in [2.24, 2.45) is 40.4 Å². The van der Waals surface area contributed by atoms with Crippen LogP contribution in [0.4, 0.5) is 0 Å². The van der Waals surface area contributed by atoms with Gasteiger partial charge in [0.05, 0.1) is 10.9 Å². The Hall–Kier alpha value is 0.110. The van der Waals surface area contributed by atoms with Gasteiger partial charge in [0.15, 0.2) is 0 Å². The lowest BCUT2D eigenvalue weighted by Crippen LogP contribution is -2.55. The summed E-state index contributed by atoms with van der Waals surface area (Å²) in [5.74, 6) is 3.81. The largest absolute Gasteiger partial charge is 0.390 e. The fraction of sp³-hybridized carbons (Fsp3) is 0.955. The van der Waals surface area contributed by atoms with E-state index >= 15 is 0 Å². The number of ketones is 1. The second-order valence-corrected chi connectivity index (χ2v) is 11.2. The average Bonchev–Trinajstić information content (AvgIpc) is 2.92. The molecule has 3 heteroatoms. The molecule has 25 heavy (non-hydrogen) atoms. The highest BCUT2D eigenvalue weighted by atomic mass is 79.9. The Morgan fingerprint density at radius 1 is 0.960 bits per heavy atom. The van der Waals surface area contributed by atoms with Crippen molar-refractivity contribution in [1.29, 1.82) is 0 Å². The number of halogens is 1. The zero-order valence-electron chi connectivity index (χ0n) is 16.2. The average molecular weight is 411 g/mol. The summed E-state index contributed by atoms with van der Waals surface area (Å²) < 4.78 is 0. The van der Waals surface area contributed by atoms with Crippen LogP contribution < -0.4 is 0 Å². The Morgan fingerprint density at radius 2 is 1.68 bits per heavy atom. The maximum absolute atomic E-state index is 12.5. The molecular formula is C22H35BrO2. The first kappa shape index (κ1) is 18.5. The fourth-order valence-corrected chi connectivity index (χ4v) is 8.44. The van der Waals surface area contributed by atoms with Crippen LogP contribution in [0, 0.1) is 40.4 Å². The summed E-state index contributed by atoms with van der Waals surface area (Å²) in [6, 6.07) is 0. The molecule has 0 spiro atoms. The molecule has 1 N–H and O–H groups in total. The molecule has 4 saturated carbocycles. The summed E-state index contributed by atoms with van der Waals surface area (Å²) in [4.78, 5) is 12.5. The lowest BCUT2D eigenvalue weighted by atomic mass is 9.44. The smallest absolute Gasteiger partial charge is 0.147 e. The second-order valence-electron chi connectivity index (χ2n) is 10.6. The van der Waals surface area contributed by atoms with Crippen LogP contribution in [0.1, 0.15) is 78.6 Å². The van der Waals surface area contributed by atoms with Gasteiger partial charge in [0.2, 0.25) is 0 Å². The van der Waals surface area contributed by atoms with E-state index in [0.717, 1.165) is 37.0 Å². The highest BCUT2D eigenvalue weighted by Gasteiger charge is 2.61. The molecule has 4 aliphatic carbocycles. The summed E-state index contributed by atoms with van der Waals surface area (Å²) in [7, 11) is 0. The SMILES string of the molecule is C[C@@]1(O)CC[C@@]2(C)C(CC[C@H]3[C@@H]4CC[C@H](C(=O)CBr)[C@@]4(C)CC[C@@H]32)C1. The fourth-order valence-electron chi connectivity index (χ4n) is 8.05. The minimum atomic E-state index is -0.444. The molecule has 4 fully saturated rings. The van der Waals surface area contributed by atoms with E-state index in [0.29, 0.717) is 22.4 Å². The van der Waals surface area contributed by atoms with Gasteiger partial charge in [0.1, 0.15) is 5.78 Å². The number of fused-ring (bicyclic) bond motifs is 5. The van der Waals surface area contributed by atoms with Crippen LogP contribution in [0.15, 0.2) is 0 Å². The topological polar surface area (TPSA) is 37.3 Å². The van der Waals surface area contributed by atoms with E-state index in [1.54, 1.807) is 0 Å². The molecule has 0 aromatic carbocycles. The highest BCUT2D eigenvalue weighted by Crippen LogP contribution is 2.68. The molecule has 0 aliphatic heterocycles. The molecule has 0 aromatic rings. The number of carbonyl (C=O) groups excluding carboxylic acids is 1. The number of hydrogen-bond acceptors (Lipinski definition) is 2. The standard InChI is InChI=1S/C22H35BrO2/c1-20(25)10-11-21(2)14(12-20)4-5-15-16-6-7-18(19(24)13-23)22(16,3)9-8-17(15)21/h14-18,25H,4-13H2,1-3H3/t14?,15-,16-,17-,18+,20+,21-,22-/m0/s1. The lowest BCUT2D eigenvalue weighted by Gasteiger charge is -2.61. The maximum Gasteiger partial charge on any atom is 0.147 e. The van der Waals surface area contributed by atoms with Gasteiger partial charge in [0, 0.05) is 5.92 Å². The van der Waals surface area contributed by atoms with Crippen LogP contribution in [-0.2, 0) is 4.79 Å². The normalized spacial score (nSPS) is 55.2. The summed E-state index contributed by atoms with van der Waals surface area (Å²) in [5.41, 5.74) is 0.223. The van der Waals surface area contributed by atoms with Crippen molar-refractivity contribution in [1.82, 2.24) is 0 Å². The summed E-state index contributed by atoms with van der Waals surface area (Å²) in [5, 5.41) is 11.1. The van der Waals surface area contributed by atoms with Crippen LogP contribution >= 0.6 is 15.9 Å². The monoisotopic (exact) mass is 410 g/mol. The van der Waals surface area contributed by atoms with Crippen molar-refractivity contribution in [3.8, 4) is 0 Å². The number of rotatable bonds is 2. The van der Waals surface area contributed by atoms with Crippen molar-refractivity contribution in [2.45, 2.75) is 84.2 Å². The maximum atomic E-state index is 12.5. The van der Waals surface area contributed by atoms with Gasteiger partial charge in [-0.05, 0) is 99.2 Å². The van der Waals surface area contributed by atoms with Crippen molar-refractivity contribution in [2.75, 3.05) is 5.33 Å². The quantitative estimate of drug-likeness (QED) is 0.621. The van der Waals surface area contributed by atoms with E-state index in [1.165, 1.54) is 38.5 Å². The number of Topliss-reactive ketones (excluding diaryl/α,β-unsaturated/α-hetero) is 1. The van der Waals surface area contributed by atoms with Crippen LogP contribution in [0.5, 0.6) is 0 Å². The van der Waals surface area contributed by atoms with Crippen LogP contribution in [0.25, 0.3) is 0 Å². The van der Waals surface area contributed by atoms with Gasteiger partial charge in [-0.1, -0.05) is 29.8 Å². The number of carbonyl (C=O) groups is 1. The summed E-state index contributed by atoms with van der Waals surface area (Å²) >= 11 is 3.43. The zero-order valence-corrected chi connectivity index (χ0v) is 17.8. The second kappa shape index (κ2) is 6.06. The first-order valence-electron chi connectivity index (χ1n) is 10.5. The van der Waals surface area contributed by atoms with Crippen molar-refractivity contribution < 1.29 is 9.90 Å². The Labute approximate surface area is 161 Å². The molecule has 0 aromatic heterocycles. The van der Waals surface area contributed by atoms with Crippen LogP contribution in [0.2, 0.25) is 0 Å². The van der Waals surface area contributed by atoms with E-state index in [1.807, 2.05) is 6.92 Å². The minimum absolute atomic E-state index is 0.245. The lowest BCUT2D eigenvalue weighted by molar-refractivity contribution is -0.150. The third-order valence-electron chi connectivity index (χ3n) is 9.47. The zero-order chi connectivity index (χ0) is 18.0. The Kier molecular flexibility index (Phi) is 4.47. The molecule has 0 bridgehead atoms. The van der Waals surface area contributed by atoms with Crippen LogP contribution in [-0.4, -0.2) is 21.8 Å². The van der Waals surface area contributed by atoms with E-state index in [2.05, 4.69) is 29.8 Å². The predicted molar refractivity (Wildman–Crippen MR) is 105 cm³/mol. The summed E-state index contributed by atoms with van der Waals surface area (Å²) in [6.45, 7) is 7.03. The Balaban J connectivity index is 1.59. The minimum Gasteiger partial charge on any atom is -0.390 e. The van der Waals surface area contributed by atoms with Crippen LogP contribution in [0.3, 0.4) is 0 Å². The third-order valence-corrected chi connectivity index (χ3v) is 10.0. The molecule has 142 valence electrons. The van der Waals surface area contributed by atoms with E-state index in [-0.39, 0.29) is 11.3 Å². The predicted octanol–water partition coefficient (Wildman–Crippen LogP) is 5.36. The molecule has 1 unspecified atom stereocenters. The van der Waals surface area contributed by atoms with Gasteiger partial charge in [-0.25, -0.2) is 0 Å². The van der Waals surface area contributed by atoms with Crippen molar-refractivity contribution in [3.05, 3.63) is 0 Å². The van der Waals surface area contributed by atoms with Crippen molar-refractivity contribution >= 4 is 21.7 Å². The summed E-state index contributed by atoms with van der Waals surface area (Å²) in [6.07, 6.45) is 10.7. The Morgan fingerprint density at radius 3 is 2.40 bits per heavy atom. The molecule has 2 nitrogen and oxygen atoms in total. The first-order valence-corrected chi connectivity index (χ1v) is 11.6. The van der Waals surface area contributed by atoms with Gasteiger partial charge < -0.3 is 5.11 Å². The molecule has 8 atom stereocenters. The molecule has 4 aliphatic rings. The molecule has 0 heterocycles. The van der Waals surface area contributed by atoms with Gasteiger partial charge >= 0.3 is 0 Å². The molecule has 0 saturated heterocycles. The molecule has 4 rings (SSSR count). The molecule has 0 amide bonds. The van der Waals surface area contributed by atoms with Gasteiger partial charge in [-0.15, -0.1) is 0 Å². The number of aliphatic hydroxyl groups is 1. The first-order chi connectivity index (χ1) is 11.7. The van der Waals surface area contributed by atoms with E-state index in [4.69, 9.17) is 0 Å². The molecular weight excluding hydrogens is 376 g/mol. The molecule has 0 radical (unpaired) electrons. The van der Waals surface area contributed by atoms with Gasteiger partial charge in [-0.2, -0.15) is 0 Å². The van der Waals surface area contributed by atoms with E-state index < -0.39 is 5.60 Å².